The number of carbonyl (C=O) groups is 2. The fourth-order valence-corrected chi connectivity index (χ4v) is 5.89. The van der Waals surface area contributed by atoms with E-state index in [4.69, 9.17) is 0 Å². The Morgan fingerprint density at radius 3 is 2.58 bits per heavy atom. The van der Waals surface area contributed by atoms with E-state index < -0.39 is 9.84 Å². The van der Waals surface area contributed by atoms with Crippen LogP contribution < -0.4 is 9.80 Å². The van der Waals surface area contributed by atoms with E-state index in [0.29, 0.717) is 19.4 Å². The van der Waals surface area contributed by atoms with Crippen molar-refractivity contribution in [3.05, 3.63) is 53.6 Å². The van der Waals surface area contributed by atoms with E-state index in [2.05, 4.69) is 0 Å². The van der Waals surface area contributed by atoms with Crippen molar-refractivity contribution in [2.45, 2.75) is 56.9 Å². The standard InChI is InChI=1S/C24H28N2O4S/c1-3-23(27)26-17(2)15-19-16-20(10-11-22(19)26)31(29,30)14-12-24(28)25-13-6-8-18-7-4-5-9-21(18)25/h4-5,7,9-11,16-17H,3,6,8,12-15H2,1-2H3/t17-/m1/s1. The lowest BCUT2D eigenvalue weighted by Crippen LogP contribution is -2.36. The van der Waals surface area contributed by atoms with Crippen molar-refractivity contribution in [2.24, 2.45) is 0 Å². The number of para-hydroxylation sites is 1. The van der Waals surface area contributed by atoms with Crippen LogP contribution in [0.25, 0.3) is 0 Å². The van der Waals surface area contributed by atoms with Crippen molar-refractivity contribution in [1.82, 2.24) is 0 Å². The van der Waals surface area contributed by atoms with Gasteiger partial charge in [-0.1, -0.05) is 25.1 Å². The Morgan fingerprint density at radius 2 is 1.81 bits per heavy atom. The SMILES string of the molecule is CCC(=O)N1c2ccc(S(=O)(=O)CCC(=O)N3CCCc4ccccc43)cc2C[C@H]1C. The summed E-state index contributed by atoms with van der Waals surface area (Å²) in [6.07, 6.45) is 2.80. The third kappa shape index (κ3) is 4.11. The summed E-state index contributed by atoms with van der Waals surface area (Å²) in [6, 6.07) is 12.8. The molecule has 1 atom stereocenters. The summed E-state index contributed by atoms with van der Waals surface area (Å²) in [7, 11) is -3.60. The lowest BCUT2D eigenvalue weighted by molar-refractivity contribution is -0.119. The molecule has 0 radical (unpaired) electrons. The van der Waals surface area contributed by atoms with Gasteiger partial charge in [0.25, 0.3) is 0 Å². The van der Waals surface area contributed by atoms with Gasteiger partial charge in [0.2, 0.25) is 11.8 Å². The van der Waals surface area contributed by atoms with Crippen molar-refractivity contribution in [3.63, 3.8) is 0 Å². The number of nitrogens with zero attached hydrogens (tertiary/aromatic N) is 2. The Hall–Kier alpha value is -2.67. The molecule has 2 aliphatic rings. The van der Waals surface area contributed by atoms with Gasteiger partial charge in [0.1, 0.15) is 0 Å². The van der Waals surface area contributed by atoms with Gasteiger partial charge in [-0.2, -0.15) is 0 Å². The number of rotatable bonds is 5. The summed E-state index contributed by atoms with van der Waals surface area (Å²) < 4.78 is 25.9. The molecular weight excluding hydrogens is 412 g/mol. The fraction of sp³-hybridized carbons (Fsp3) is 0.417. The molecule has 0 spiro atoms. The Balaban J connectivity index is 1.49. The quantitative estimate of drug-likeness (QED) is 0.713. The maximum Gasteiger partial charge on any atom is 0.228 e. The summed E-state index contributed by atoms with van der Waals surface area (Å²) in [5.41, 5.74) is 3.68. The van der Waals surface area contributed by atoms with Crippen molar-refractivity contribution < 1.29 is 18.0 Å². The zero-order chi connectivity index (χ0) is 22.2. The lowest BCUT2D eigenvalue weighted by atomic mass is 10.0. The fourth-order valence-electron chi connectivity index (χ4n) is 4.62. The number of hydrogen-bond donors (Lipinski definition) is 0. The summed E-state index contributed by atoms with van der Waals surface area (Å²) in [5.74, 6) is -0.351. The molecule has 0 saturated carbocycles. The molecule has 0 aliphatic carbocycles. The summed E-state index contributed by atoms with van der Waals surface area (Å²) in [4.78, 5) is 28.8. The average Bonchev–Trinajstić information content (AvgIpc) is 3.11. The van der Waals surface area contributed by atoms with Crippen LogP contribution in [0, 0.1) is 0 Å². The van der Waals surface area contributed by atoms with Crippen LogP contribution in [0.1, 0.15) is 44.2 Å². The minimum Gasteiger partial charge on any atom is -0.312 e. The van der Waals surface area contributed by atoms with Crippen molar-refractivity contribution >= 4 is 33.0 Å². The predicted octanol–water partition coefficient (Wildman–Crippen LogP) is 3.52. The molecule has 2 amide bonds. The molecule has 7 heteroatoms. The Morgan fingerprint density at radius 1 is 1.03 bits per heavy atom. The lowest BCUT2D eigenvalue weighted by Gasteiger charge is -2.29. The molecule has 0 saturated heterocycles. The molecule has 2 heterocycles. The van der Waals surface area contributed by atoms with E-state index in [1.807, 2.05) is 38.1 Å². The normalized spacial score (nSPS) is 17.9. The maximum absolute atomic E-state index is 13.0. The molecule has 2 aromatic rings. The summed E-state index contributed by atoms with van der Waals surface area (Å²) in [6.45, 7) is 4.41. The minimum absolute atomic E-state index is 0.0150. The van der Waals surface area contributed by atoms with Crippen LogP contribution in [0.3, 0.4) is 0 Å². The first kappa shape index (κ1) is 21.6. The van der Waals surface area contributed by atoms with Crippen molar-refractivity contribution in [2.75, 3.05) is 22.1 Å². The number of hydrogen-bond acceptors (Lipinski definition) is 4. The Labute approximate surface area is 183 Å². The zero-order valence-electron chi connectivity index (χ0n) is 18.0. The van der Waals surface area contributed by atoms with Gasteiger partial charge in [-0.05, 0) is 61.6 Å². The second-order valence-electron chi connectivity index (χ2n) is 8.31. The second kappa shape index (κ2) is 8.46. The number of anilines is 2. The molecule has 0 N–H and O–H groups in total. The average molecular weight is 441 g/mol. The smallest absolute Gasteiger partial charge is 0.228 e. The van der Waals surface area contributed by atoms with Crippen LogP contribution in [0.2, 0.25) is 0 Å². The highest BCUT2D eigenvalue weighted by Gasteiger charge is 2.31. The molecule has 2 aliphatic heterocycles. The minimum atomic E-state index is -3.60. The van der Waals surface area contributed by atoms with Crippen LogP contribution in [-0.4, -0.2) is 38.6 Å². The highest BCUT2D eigenvalue weighted by atomic mass is 32.2. The van der Waals surface area contributed by atoms with E-state index in [-0.39, 0.29) is 34.9 Å². The molecule has 2 aromatic carbocycles. The first-order valence-corrected chi connectivity index (χ1v) is 12.5. The molecular formula is C24H28N2O4S. The van der Waals surface area contributed by atoms with Crippen LogP contribution in [0.5, 0.6) is 0 Å². The molecule has 31 heavy (non-hydrogen) atoms. The van der Waals surface area contributed by atoms with Gasteiger partial charge >= 0.3 is 0 Å². The largest absolute Gasteiger partial charge is 0.312 e. The van der Waals surface area contributed by atoms with Gasteiger partial charge in [-0.15, -0.1) is 0 Å². The number of carbonyl (C=O) groups excluding carboxylic acids is 2. The molecule has 0 bridgehead atoms. The maximum atomic E-state index is 13.0. The first-order valence-electron chi connectivity index (χ1n) is 10.9. The van der Waals surface area contributed by atoms with Gasteiger partial charge in [-0.25, -0.2) is 8.42 Å². The van der Waals surface area contributed by atoms with Gasteiger partial charge < -0.3 is 9.80 Å². The van der Waals surface area contributed by atoms with E-state index in [0.717, 1.165) is 35.3 Å². The first-order chi connectivity index (χ1) is 14.8. The number of benzene rings is 2. The van der Waals surface area contributed by atoms with Crippen LogP contribution >= 0.6 is 0 Å². The molecule has 0 fully saturated rings. The number of sulfone groups is 1. The topological polar surface area (TPSA) is 74.8 Å². The van der Waals surface area contributed by atoms with E-state index in [1.54, 1.807) is 28.0 Å². The van der Waals surface area contributed by atoms with E-state index >= 15 is 0 Å². The number of fused-ring (bicyclic) bond motifs is 2. The van der Waals surface area contributed by atoms with E-state index in [1.165, 1.54) is 0 Å². The molecule has 0 aromatic heterocycles. The van der Waals surface area contributed by atoms with Crippen LogP contribution in [0.4, 0.5) is 11.4 Å². The molecule has 4 rings (SSSR count). The highest BCUT2D eigenvalue weighted by Crippen LogP contribution is 2.35. The molecule has 164 valence electrons. The Bertz CT molecular complexity index is 1130. The predicted molar refractivity (Wildman–Crippen MR) is 121 cm³/mol. The zero-order valence-corrected chi connectivity index (χ0v) is 18.8. The third-order valence-electron chi connectivity index (χ3n) is 6.19. The molecule has 0 unspecified atom stereocenters. The summed E-state index contributed by atoms with van der Waals surface area (Å²) >= 11 is 0. The van der Waals surface area contributed by atoms with Crippen LogP contribution in [-0.2, 0) is 32.3 Å². The number of amides is 2. The van der Waals surface area contributed by atoms with E-state index in [9.17, 15) is 18.0 Å². The number of aryl methyl sites for hydroxylation is 1. The van der Waals surface area contributed by atoms with Crippen molar-refractivity contribution in [1.29, 1.82) is 0 Å². The van der Waals surface area contributed by atoms with Crippen molar-refractivity contribution in [3.8, 4) is 0 Å². The summed E-state index contributed by atoms with van der Waals surface area (Å²) in [5, 5.41) is 0. The van der Waals surface area contributed by atoms with Gasteiger partial charge in [0, 0.05) is 36.8 Å². The second-order valence-corrected chi connectivity index (χ2v) is 10.4. The van der Waals surface area contributed by atoms with Gasteiger partial charge in [0.15, 0.2) is 9.84 Å². The van der Waals surface area contributed by atoms with Gasteiger partial charge in [0.05, 0.1) is 10.6 Å². The monoisotopic (exact) mass is 440 g/mol. The third-order valence-corrected chi connectivity index (χ3v) is 7.91. The molecule has 6 nitrogen and oxygen atoms in total. The highest BCUT2D eigenvalue weighted by molar-refractivity contribution is 7.91. The van der Waals surface area contributed by atoms with Gasteiger partial charge in [-0.3, -0.25) is 9.59 Å². The Kier molecular flexibility index (Phi) is 5.88. The van der Waals surface area contributed by atoms with Crippen LogP contribution in [0.15, 0.2) is 47.4 Å².